The molecular weight excluding hydrogens is 186 g/mol. The van der Waals surface area contributed by atoms with Crippen molar-refractivity contribution in [3.8, 4) is 0 Å². The van der Waals surface area contributed by atoms with Crippen LogP contribution in [0.15, 0.2) is 0 Å². The Morgan fingerprint density at radius 3 is 2.71 bits per heavy atom. The number of H-pyrrole nitrogens is 1. The molecule has 0 aromatic carbocycles. The highest BCUT2D eigenvalue weighted by molar-refractivity contribution is 5.90. The number of nitrogens with one attached hydrogen (secondary N) is 2. The lowest BCUT2D eigenvalue weighted by atomic mass is 9.99. The summed E-state index contributed by atoms with van der Waals surface area (Å²) in [6.45, 7) is 5.00. The zero-order valence-electron chi connectivity index (χ0n) is 8.27. The van der Waals surface area contributed by atoms with Gasteiger partial charge in [0.2, 0.25) is 0 Å². The number of aliphatic hydroxyl groups excluding tert-OH is 1. The van der Waals surface area contributed by atoms with Crippen molar-refractivity contribution in [3.05, 3.63) is 5.82 Å². The molecule has 0 aliphatic carbocycles. The molecule has 0 saturated heterocycles. The van der Waals surface area contributed by atoms with E-state index < -0.39 is 17.6 Å². The Morgan fingerprint density at radius 2 is 2.29 bits per heavy atom. The SMILES string of the molecule is CC(O)C(C)(C)NC(=O)c1nn[nH]n1. The van der Waals surface area contributed by atoms with E-state index in [9.17, 15) is 9.90 Å². The van der Waals surface area contributed by atoms with E-state index in [0.29, 0.717) is 0 Å². The summed E-state index contributed by atoms with van der Waals surface area (Å²) in [5, 5.41) is 24.4. The molecule has 0 aliphatic heterocycles. The van der Waals surface area contributed by atoms with Crippen molar-refractivity contribution >= 4 is 5.91 Å². The molecule has 3 N–H and O–H groups in total. The Balaban J connectivity index is 2.66. The highest BCUT2D eigenvalue weighted by Crippen LogP contribution is 2.08. The number of rotatable bonds is 3. The summed E-state index contributed by atoms with van der Waals surface area (Å²) in [7, 11) is 0. The summed E-state index contributed by atoms with van der Waals surface area (Å²) < 4.78 is 0. The van der Waals surface area contributed by atoms with Gasteiger partial charge in [0.05, 0.1) is 11.6 Å². The fraction of sp³-hybridized carbons (Fsp3) is 0.714. The minimum atomic E-state index is -0.724. The van der Waals surface area contributed by atoms with E-state index >= 15 is 0 Å². The molecule has 1 aromatic heterocycles. The van der Waals surface area contributed by atoms with Crippen molar-refractivity contribution in [2.45, 2.75) is 32.4 Å². The first-order valence-electron chi connectivity index (χ1n) is 4.17. The fourth-order valence-electron chi connectivity index (χ4n) is 0.711. The molecule has 1 amide bonds. The molecular formula is C7H13N5O2. The Kier molecular flexibility index (Phi) is 2.80. The van der Waals surface area contributed by atoms with Crippen molar-refractivity contribution in [3.63, 3.8) is 0 Å². The number of carbonyl (C=O) groups is 1. The van der Waals surface area contributed by atoms with Crippen LogP contribution >= 0.6 is 0 Å². The monoisotopic (exact) mass is 199 g/mol. The van der Waals surface area contributed by atoms with E-state index in [4.69, 9.17) is 0 Å². The van der Waals surface area contributed by atoms with Crippen molar-refractivity contribution in [2.75, 3.05) is 0 Å². The smallest absolute Gasteiger partial charge is 0.293 e. The third-order valence-corrected chi connectivity index (χ3v) is 2.03. The average molecular weight is 199 g/mol. The normalized spacial score (nSPS) is 13.7. The lowest BCUT2D eigenvalue weighted by Gasteiger charge is -2.28. The van der Waals surface area contributed by atoms with E-state index in [2.05, 4.69) is 25.9 Å². The maximum atomic E-state index is 11.4. The second-order valence-electron chi connectivity index (χ2n) is 3.59. The first-order valence-corrected chi connectivity index (χ1v) is 4.17. The van der Waals surface area contributed by atoms with Gasteiger partial charge >= 0.3 is 0 Å². The van der Waals surface area contributed by atoms with Gasteiger partial charge in [0.1, 0.15) is 0 Å². The maximum absolute atomic E-state index is 11.4. The van der Waals surface area contributed by atoms with Crippen LogP contribution in [0.25, 0.3) is 0 Å². The summed E-state index contributed by atoms with van der Waals surface area (Å²) in [6.07, 6.45) is -0.668. The summed E-state index contributed by atoms with van der Waals surface area (Å²) in [6, 6.07) is 0. The molecule has 0 spiro atoms. The molecule has 78 valence electrons. The molecule has 14 heavy (non-hydrogen) atoms. The second kappa shape index (κ2) is 3.70. The Morgan fingerprint density at radius 1 is 1.64 bits per heavy atom. The summed E-state index contributed by atoms with van der Waals surface area (Å²) in [4.78, 5) is 11.4. The van der Waals surface area contributed by atoms with Crippen LogP contribution in [0.4, 0.5) is 0 Å². The summed E-state index contributed by atoms with van der Waals surface area (Å²) >= 11 is 0. The van der Waals surface area contributed by atoms with Gasteiger partial charge in [-0.3, -0.25) is 4.79 Å². The average Bonchev–Trinajstić information content (AvgIpc) is 2.54. The number of carbonyl (C=O) groups excluding carboxylic acids is 1. The first kappa shape index (κ1) is 10.6. The number of aliphatic hydroxyl groups is 1. The highest BCUT2D eigenvalue weighted by Gasteiger charge is 2.27. The van der Waals surface area contributed by atoms with Crippen LogP contribution in [0.2, 0.25) is 0 Å². The Labute approximate surface area is 80.9 Å². The predicted octanol–water partition coefficient (Wildman–Crippen LogP) is -0.911. The number of nitrogens with zero attached hydrogens (tertiary/aromatic N) is 3. The molecule has 1 aromatic rings. The lowest BCUT2D eigenvalue weighted by Crippen LogP contribution is -2.51. The van der Waals surface area contributed by atoms with Gasteiger partial charge in [-0.25, -0.2) is 0 Å². The number of amides is 1. The van der Waals surface area contributed by atoms with E-state index in [-0.39, 0.29) is 5.82 Å². The van der Waals surface area contributed by atoms with Gasteiger partial charge < -0.3 is 10.4 Å². The predicted molar refractivity (Wildman–Crippen MR) is 47.4 cm³/mol. The molecule has 7 heteroatoms. The van der Waals surface area contributed by atoms with Gasteiger partial charge in [-0.1, -0.05) is 0 Å². The van der Waals surface area contributed by atoms with E-state index in [0.717, 1.165) is 0 Å². The molecule has 0 aliphatic rings. The summed E-state index contributed by atoms with van der Waals surface area (Å²) in [5.41, 5.74) is -0.724. The zero-order valence-corrected chi connectivity index (χ0v) is 8.27. The standard InChI is InChI=1S/C7H13N5O2/c1-4(13)7(2,3)8-6(14)5-9-11-12-10-5/h4,13H,1-3H3,(H,8,14)(H,9,10,11,12). The largest absolute Gasteiger partial charge is 0.391 e. The van der Waals surface area contributed by atoms with Gasteiger partial charge in [0.15, 0.2) is 0 Å². The number of aromatic nitrogens is 4. The van der Waals surface area contributed by atoms with Crippen LogP contribution in [0, 0.1) is 0 Å². The molecule has 0 saturated carbocycles. The molecule has 0 bridgehead atoms. The van der Waals surface area contributed by atoms with E-state index in [1.54, 1.807) is 20.8 Å². The van der Waals surface area contributed by atoms with Crippen molar-refractivity contribution < 1.29 is 9.90 Å². The van der Waals surface area contributed by atoms with Gasteiger partial charge in [-0.2, -0.15) is 5.21 Å². The van der Waals surface area contributed by atoms with Crippen LogP contribution in [-0.4, -0.2) is 43.3 Å². The summed E-state index contributed by atoms with van der Waals surface area (Å²) in [5.74, 6) is -0.511. The topological polar surface area (TPSA) is 104 Å². The Bertz CT molecular complexity index is 306. The van der Waals surface area contributed by atoms with Crippen LogP contribution in [0.1, 0.15) is 31.4 Å². The van der Waals surface area contributed by atoms with Crippen molar-refractivity contribution in [1.29, 1.82) is 0 Å². The van der Waals surface area contributed by atoms with Crippen molar-refractivity contribution in [1.82, 2.24) is 25.9 Å². The number of aromatic amines is 1. The number of hydrogen-bond donors (Lipinski definition) is 3. The molecule has 1 unspecified atom stereocenters. The third kappa shape index (κ3) is 2.25. The zero-order chi connectivity index (χ0) is 10.8. The van der Waals surface area contributed by atoms with Crippen LogP contribution in [0.3, 0.4) is 0 Å². The molecule has 1 heterocycles. The van der Waals surface area contributed by atoms with E-state index in [1.807, 2.05) is 0 Å². The molecule has 1 rings (SSSR count). The maximum Gasteiger partial charge on any atom is 0.293 e. The second-order valence-corrected chi connectivity index (χ2v) is 3.59. The molecule has 7 nitrogen and oxygen atoms in total. The van der Waals surface area contributed by atoms with Gasteiger partial charge in [0.25, 0.3) is 11.7 Å². The fourth-order valence-corrected chi connectivity index (χ4v) is 0.711. The Hall–Kier alpha value is -1.50. The van der Waals surface area contributed by atoms with Gasteiger partial charge in [0, 0.05) is 0 Å². The third-order valence-electron chi connectivity index (χ3n) is 2.03. The van der Waals surface area contributed by atoms with Crippen LogP contribution in [-0.2, 0) is 0 Å². The molecule has 0 fully saturated rings. The number of tetrazole rings is 1. The van der Waals surface area contributed by atoms with E-state index in [1.165, 1.54) is 0 Å². The van der Waals surface area contributed by atoms with Crippen molar-refractivity contribution in [2.24, 2.45) is 0 Å². The van der Waals surface area contributed by atoms with Crippen LogP contribution in [0.5, 0.6) is 0 Å². The molecule has 0 radical (unpaired) electrons. The van der Waals surface area contributed by atoms with Gasteiger partial charge in [-0.05, 0) is 26.0 Å². The molecule has 1 atom stereocenters. The highest BCUT2D eigenvalue weighted by atomic mass is 16.3. The minimum Gasteiger partial charge on any atom is -0.391 e. The minimum absolute atomic E-state index is 0.0428. The lowest BCUT2D eigenvalue weighted by molar-refractivity contribution is 0.0701. The first-order chi connectivity index (χ1) is 6.43. The number of hydrogen-bond acceptors (Lipinski definition) is 5. The van der Waals surface area contributed by atoms with Crippen LogP contribution < -0.4 is 5.32 Å². The van der Waals surface area contributed by atoms with Gasteiger partial charge in [-0.15, -0.1) is 10.2 Å². The quantitative estimate of drug-likeness (QED) is 0.584.